The number of fused-ring (bicyclic) bond motifs is 2. The average Bonchev–Trinajstić information content (AvgIpc) is 3.24. The van der Waals surface area contributed by atoms with Crippen LogP contribution in [0.5, 0.6) is 0 Å². The molecule has 2 saturated heterocycles. The SMILES string of the molecule is O=C1[C@H]2CC=CC[C@@H]2C(=O)N1CN1CCC(c2nc3ccccc3s2)CC1. The summed E-state index contributed by atoms with van der Waals surface area (Å²) >= 11 is 1.80. The molecule has 140 valence electrons. The molecule has 1 aliphatic carbocycles. The third-order valence-electron chi connectivity index (χ3n) is 6.19. The van der Waals surface area contributed by atoms with Gasteiger partial charge < -0.3 is 0 Å². The number of hydrogen-bond acceptors (Lipinski definition) is 5. The van der Waals surface area contributed by atoms with Gasteiger partial charge in [0.1, 0.15) is 0 Å². The van der Waals surface area contributed by atoms with Crippen LogP contribution in [0.4, 0.5) is 0 Å². The van der Waals surface area contributed by atoms with Crippen molar-refractivity contribution in [3.05, 3.63) is 41.4 Å². The third-order valence-corrected chi connectivity index (χ3v) is 7.39. The van der Waals surface area contributed by atoms with Gasteiger partial charge in [0.2, 0.25) is 11.8 Å². The minimum Gasteiger partial charge on any atom is -0.286 e. The number of allylic oxidation sites excluding steroid dienone is 2. The first-order valence-electron chi connectivity index (χ1n) is 9.79. The van der Waals surface area contributed by atoms with E-state index in [1.54, 1.807) is 11.3 Å². The number of hydrogen-bond donors (Lipinski definition) is 0. The zero-order valence-corrected chi connectivity index (χ0v) is 16.0. The lowest BCUT2D eigenvalue weighted by Crippen LogP contribution is -2.44. The average molecular weight is 382 g/mol. The smallest absolute Gasteiger partial charge is 0.234 e. The molecule has 27 heavy (non-hydrogen) atoms. The molecule has 2 aliphatic heterocycles. The Labute approximate surface area is 162 Å². The maximum atomic E-state index is 12.6. The van der Waals surface area contributed by atoms with Gasteiger partial charge in [-0.1, -0.05) is 24.3 Å². The summed E-state index contributed by atoms with van der Waals surface area (Å²) in [7, 11) is 0. The highest BCUT2D eigenvalue weighted by Gasteiger charge is 2.47. The topological polar surface area (TPSA) is 53.5 Å². The number of aromatic nitrogens is 1. The van der Waals surface area contributed by atoms with E-state index < -0.39 is 0 Å². The lowest BCUT2D eigenvalue weighted by atomic mass is 9.85. The first-order valence-corrected chi connectivity index (χ1v) is 10.6. The lowest BCUT2D eigenvalue weighted by molar-refractivity contribution is -0.142. The van der Waals surface area contributed by atoms with Crippen LogP contribution in [0.15, 0.2) is 36.4 Å². The number of thiazole rings is 1. The largest absolute Gasteiger partial charge is 0.286 e. The zero-order chi connectivity index (χ0) is 18.4. The normalized spacial score (nSPS) is 26.9. The van der Waals surface area contributed by atoms with E-state index in [1.165, 1.54) is 14.6 Å². The second-order valence-electron chi connectivity index (χ2n) is 7.81. The summed E-state index contributed by atoms with van der Waals surface area (Å²) in [6, 6.07) is 8.30. The third kappa shape index (κ3) is 3.01. The van der Waals surface area contributed by atoms with E-state index in [-0.39, 0.29) is 23.7 Å². The van der Waals surface area contributed by atoms with Crippen LogP contribution in [0, 0.1) is 11.8 Å². The van der Waals surface area contributed by atoms with Crippen molar-refractivity contribution < 1.29 is 9.59 Å². The summed E-state index contributed by atoms with van der Waals surface area (Å²) in [6.45, 7) is 2.27. The Morgan fingerprint density at radius 3 is 2.33 bits per heavy atom. The molecule has 3 aliphatic rings. The zero-order valence-electron chi connectivity index (χ0n) is 15.2. The first-order chi connectivity index (χ1) is 13.2. The number of benzene rings is 1. The van der Waals surface area contributed by atoms with E-state index in [0.717, 1.165) is 31.4 Å². The van der Waals surface area contributed by atoms with Crippen LogP contribution < -0.4 is 0 Å². The number of rotatable bonds is 3. The van der Waals surface area contributed by atoms with Crippen molar-refractivity contribution in [3.63, 3.8) is 0 Å². The lowest BCUT2D eigenvalue weighted by Gasteiger charge is -2.33. The van der Waals surface area contributed by atoms with Gasteiger partial charge in [-0.25, -0.2) is 4.98 Å². The summed E-state index contributed by atoms with van der Waals surface area (Å²) in [5.74, 6) is 0.297. The Morgan fingerprint density at radius 1 is 1.00 bits per heavy atom. The fourth-order valence-corrected chi connectivity index (χ4v) is 5.73. The van der Waals surface area contributed by atoms with Gasteiger partial charge in [0, 0.05) is 19.0 Å². The van der Waals surface area contributed by atoms with Crippen molar-refractivity contribution >= 4 is 33.4 Å². The molecule has 2 amide bonds. The predicted octanol–water partition coefficient (Wildman–Crippen LogP) is 3.38. The van der Waals surface area contributed by atoms with E-state index in [4.69, 9.17) is 4.98 Å². The van der Waals surface area contributed by atoms with Crippen molar-refractivity contribution in [3.8, 4) is 0 Å². The predicted molar refractivity (Wildman–Crippen MR) is 105 cm³/mol. The number of piperidine rings is 1. The molecule has 1 aromatic heterocycles. The second kappa shape index (κ2) is 6.84. The highest BCUT2D eigenvalue weighted by atomic mass is 32.1. The molecule has 6 heteroatoms. The van der Waals surface area contributed by atoms with Crippen molar-refractivity contribution in [1.29, 1.82) is 0 Å². The van der Waals surface area contributed by atoms with Crippen LogP contribution in [-0.4, -0.2) is 46.4 Å². The number of nitrogens with zero attached hydrogens (tertiary/aromatic N) is 3. The number of carbonyl (C=O) groups is 2. The van der Waals surface area contributed by atoms with Gasteiger partial charge in [-0.3, -0.25) is 19.4 Å². The molecule has 0 bridgehead atoms. The van der Waals surface area contributed by atoms with Gasteiger partial charge in [0.15, 0.2) is 0 Å². The van der Waals surface area contributed by atoms with Crippen LogP contribution in [0.3, 0.4) is 0 Å². The summed E-state index contributed by atoms with van der Waals surface area (Å²) in [5.41, 5.74) is 1.09. The highest BCUT2D eigenvalue weighted by molar-refractivity contribution is 7.18. The summed E-state index contributed by atoms with van der Waals surface area (Å²) in [5, 5.41) is 1.22. The monoisotopic (exact) mass is 381 g/mol. The first kappa shape index (κ1) is 17.1. The standard InChI is InChI=1S/C21H23N3O2S/c25-20-15-5-1-2-6-16(15)21(26)24(20)13-23-11-9-14(10-12-23)19-22-17-7-3-4-8-18(17)27-19/h1-4,7-8,14-16H,5-6,9-13H2/t15-,16-/m0/s1. The molecule has 0 radical (unpaired) electrons. The number of imide groups is 1. The molecule has 0 N–H and O–H groups in total. The van der Waals surface area contributed by atoms with E-state index in [1.807, 2.05) is 18.2 Å². The quantitative estimate of drug-likeness (QED) is 0.604. The molecule has 2 aromatic rings. The Hall–Kier alpha value is -2.05. The van der Waals surface area contributed by atoms with Gasteiger partial charge in [0.05, 0.1) is 33.7 Å². The minimum atomic E-state index is -0.122. The van der Waals surface area contributed by atoms with Gasteiger partial charge in [0.25, 0.3) is 0 Å². The molecule has 2 fully saturated rings. The fourth-order valence-electron chi connectivity index (χ4n) is 4.59. The molecule has 5 nitrogen and oxygen atoms in total. The molecular formula is C21H23N3O2S. The Morgan fingerprint density at radius 2 is 1.67 bits per heavy atom. The van der Waals surface area contributed by atoms with Gasteiger partial charge in [-0.2, -0.15) is 0 Å². The molecule has 3 heterocycles. The highest BCUT2D eigenvalue weighted by Crippen LogP contribution is 2.37. The van der Waals surface area contributed by atoms with Crippen LogP contribution in [-0.2, 0) is 9.59 Å². The molecule has 0 saturated carbocycles. The number of amides is 2. The van der Waals surface area contributed by atoms with Gasteiger partial charge in [-0.05, 0) is 37.8 Å². The van der Waals surface area contributed by atoms with Crippen molar-refractivity contribution in [2.45, 2.75) is 31.6 Å². The second-order valence-corrected chi connectivity index (χ2v) is 8.88. The molecule has 1 aromatic carbocycles. The number of para-hydroxylation sites is 1. The van der Waals surface area contributed by atoms with Crippen LogP contribution in [0.25, 0.3) is 10.2 Å². The van der Waals surface area contributed by atoms with Gasteiger partial charge >= 0.3 is 0 Å². The molecule has 0 spiro atoms. The summed E-state index contributed by atoms with van der Waals surface area (Å²) in [6.07, 6.45) is 7.57. The number of likely N-dealkylation sites (tertiary alicyclic amines) is 2. The molecule has 0 unspecified atom stereocenters. The summed E-state index contributed by atoms with van der Waals surface area (Å²) in [4.78, 5) is 33.9. The maximum Gasteiger partial charge on any atom is 0.234 e. The molecule has 5 rings (SSSR count). The van der Waals surface area contributed by atoms with E-state index in [9.17, 15) is 9.59 Å². The number of carbonyl (C=O) groups excluding carboxylic acids is 2. The minimum absolute atomic E-state index is 0.0302. The Bertz CT molecular complexity index is 854. The van der Waals surface area contributed by atoms with Crippen molar-refractivity contribution in [2.75, 3.05) is 19.8 Å². The van der Waals surface area contributed by atoms with Crippen molar-refractivity contribution in [2.24, 2.45) is 11.8 Å². The molecular weight excluding hydrogens is 358 g/mol. The molecule has 2 atom stereocenters. The van der Waals surface area contributed by atoms with Crippen molar-refractivity contribution in [1.82, 2.24) is 14.8 Å². The van der Waals surface area contributed by atoms with Crippen LogP contribution >= 0.6 is 11.3 Å². The van der Waals surface area contributed by atoms with E-state index >= 15 is 0 Å². The van der Waals surface area contributed by atoms with Crippen LogP contribution in [0.2, 0.25) is 0 Å². The maximum absolute atomic E-state index is 12.6. The van der Waals surface area contributed by atoms with Crippen LogP contribution in [0.1, 0.15) is 36.6 Å². The Balaban J connectivity index is 1.22. The van der Waals surface area contributed by atoms with E-state index in [2.05, 4.69) is 23.1 Å². The van der Waals surface area contributed by atoms with E-state index in [0.29, 0.717) is 25.4 Å². The van der Waals surface area contributed by atoms with Gasteiger partial charge in [-0.15, -0.1) is 11.3 Å². The Kier molecular flexibility index (Phi) is 4.32. The fraction of sp³-hybridized carbons (Fsp3) is 0.476. The summed E-state index contributed by atoms with van der Waals surface area (Å²) < 4.78 is 1.25.